The number of rotatable bonds is 7. The van der Waals surface area contributed by atoms with Crippen LogP contribution in [0.25, 0.3) is 0 Å². The molecule has 1 N–H and O–H groups in total. The Bertz CT molecular complexity index is 694. The Balaban J connectivity index is 1.87. The fourth-order valence-electron chi connectivity index (χ4n) is 2.09. The molecule has 0 aliphatic rings. The Hall–Kier alpha value is -2.82. The summed E-state index contributed by atoms with van der Waals surface area (Å²) in [5.74, 6) is 1.37. The summed E-state index contributed by atoms with van der Waals surface area (Å²) >= 11 is 0. The molecule has 0 spiro atoms. The summed E-state index contributed by atoms with van der Waals surface area (Å²) in [4.78, 5) is 11.9. The summed E-state index contributed by atoms with van der Waals surface area (Å²) < 4.78 is 10.7. The van der Waals surface area contributed by atoms with E-state index in [2.05, 4.69) is 10.5 Å². The van der Waals surface area contributed by atoms with Gasteiger partial charge in [-0.05, 0) is 49.2 Å². The number of nitrogens with one attached hydrogen (secondary N) is 1. The molecule has 0 aliphatic heterocycles. The Kier molecular flexibility index (Phi) is 6.37. The van der Waals surface area contributed by atoms with Crippen molar-refractivity contribution in [3.63, 3.8) is 0 Å². The first-order valence-electron chi connectivity index (χ1n) is 7.78. The number of ether oxygens (including phenoxy) is 2. The van der Waals surface area contributed by atoms with E-state index in [4.69, 9.17) is 9.47 Å². The van der Waals surface area contributed by atoms with Gasteiger partial charge < -0.3 is 9.47 Å². The predicted molar refractivity (Wildman–Crippen MR) is 94.6 cm³/mol. The van der Waals surface area contributed by atoms with Crippen LogP contribution in [0.2, 0.25) is 0 Å². The van der Waals surface area contributed by atoms with E-state index >= 15 is 0 Å². The van der Waals surface area contributed by atoms with Crippen molar-refractivity contribution in [2.45, 2.75) is 26.4 Å². The van der Waals surface area contributed by atoms with Gasteiger partial charge in [0.2, 0.25) is 5.91 Å². The maximum atomic E-state index is 11.9. The van der Waals surface area contributed by atoms with Gasteiger partial charge in [0.1, 0.15) is 11.5 Å². The number of hydrazone groups is 1. The molecule has 0 aliphatic carbocycles. The molecule has 0 fully saturated rings. The van der Waals surface area contributed by atoms with Crippen LogP contribution in [-0.4, -0.2) is 25.3 Å². The maximum Gasteiger partial charge on any atom is 0.244 e. The maximum absolute atomic E-state index is 11.9. The molecule has 2 aromatic carbocycles. The molecule has 24 heavy (non-hydrogen) atoms. The van der Waals surface area contributed by atoms with Gasteiger partial charge in [0, 0.05) is 0 Å². The van der Waals surface area contributed by atoms with Crippen molar-refractivity contribution in [2.24, 2.45) is 5.10 Å². The number of hydrogen-bond acceptors (Lipinski definition) is 4. The minimum atomic E-state index is -0.175. The zero-order valence-corrected chi connectivity index (χ0v) is 14.2. The molecule has 0 saturated carbocycles. The number of hydrogen-bond donors (Lipinski definition) is 1. The first kappa shape index (κ1) is 17.5. The monoisotopic (exact) mass is 326 g/mol. The highest BCUT2D eigenvalue weighted by Gasteiger charge is 2.02. The smallest absolute Gasteiger partial charge is 0.244 e. The van der Waals surface area contributed by atoms with E-state index < -0.39 is 0 Å². The van der Waals surface area contributed by atoms with Crippen molar-refractivity contribution >= 4 is 12.1 Å². The molecule has 126 valence electrons. The summed E-state index contributed by atoms with van der Waals surface area (Å²) in [5.41, 5.74) is 4.28. The molecule has 5 heteroatoms. The number of amides is 1. The van der Waals surface area contributed by atoms with Gasteiger partial charge in [0.15, 0.2) is 0 Å². The molecule has 0 saturated heterocycles. The van der Waals surface area contributed by atoms with Gasteiger partial charge in [-0.1, -0.05) is 24.3 Å². The van der Waals surface area contributed by atoms with Crippen LogP contribution in [0.5, 0.6) is 11.5 Å². The molecule has 0 bridgehead atoms. The Morgan fingerprint density at radius 2 is 1.92 bits per heavy atom. The van der Waals surface area contributed by atoms with Crippen LogP contribution in [0.4, 0.5) is 0 Å². The first-order valence-corrected chi connectivity index (χ1v) is 7.78. The summed E-state index contributed by atoms with van der Waals surface area (Å²) in [7, 11) is 1.61. The van der Waals surface area contributed by atoms with Crippen molar-refractivity contribution < 1.29 is 14.3 Å². The molecule has 1 amide bonds. The molecule has 0 atom stereocenters. The normalized spacial score (nSPS) is 10.8. The molecule has 0 aromatic heterocycles. The van der Waals surface area contributed by atoms with Crippen molar-refractivity contribution in [3.8, 4) is 11.5 Å². The molecule has 0 radical (unpaired) electrons. The molecular weight excluding hydrogens is 304 g/mol. The minimum absolute atomic E-state index is 0.112. The van der Waals surface area contributed by atoms with E-state index in [1.54, 1.807) is 13.3 Å². The van der Waals surface area contributed by atoms with Crippen molar-refractivity contribution in [1.29, 1.82) is 0 Å². The van der Waals surface area contributed by atoms with E-state index in [0.717, 1.165) is 22.6 Å². The third kappa shape index (κ3) is 5.76. The topological polar surface area (TPSA) is 59.9 Å². The average molecular weight is 326 g/mol. The second-order valence-electron chi connectivity index (χ2n) is 5.56. The molecule has 0 heterocycles. The molecule has 5 nitrogen and oxygen atoms in total. The second-order valence-corrected chi connectivity index (χ2v) is 5.56. The van der Waals surface area contributed by atoms with E-state index in [9.17, 15) is 4.79 Å². The van der Waals surface area contributed by atoms with E-state index in [1.165, 1.54) is 0 Å². The zero-order valence-electron chi connectivity index (χ0n) is 14.2. The number of nitrogens with zero attached hydrogens (tertiary/aromatic N) is 1. The highest BCUT2D eigenvalue weighted by atomic mass is 16.5. The standard InChI is InChI=1S/C19H22N2O3/c1-14(2)24-18-6-4-5-16(11-18)13-20-21-19(22)12-15-7-9-17(23-3)10-8-15/h4-11,13-14H,12H2,1-3H3,(H,21,22)/b20-13+. The lowest BCUT2D eigenvalue weighted by Gasteiger charge is -2.09. The lowest BCUT2D eigenvalue weighted by atomic mass is 10.1. The number of benzene rings is 2. The summed E-state index contributed by atoms with van der Waals surface area (Å²) in [5, 5.41) is 3.99. The lowest BCUT2D eigenvalue weighted by Crippen LogP contribution is -2.19. The first-order chi connectivity index (χ1) is 11.6. The highest BCUT2D eigenvalue weighted by molar-refractivity contribution is 5.83. The molecule has 2 rings (SSSR count). The summed E-state index contributed by atoms with van der Waals surface area (Å²) in [6, 6.07) is 14.9. The Labute approximate surface area is 142 Å². The average Bonchev–Trinajstić information content (AvgIpc) is 2.55. The number of carbonyl (C=O) groups excluding carboxylic acids is 1. The third-order valence-corrected chi connectivity index (χ3v) is 3.16. The third-order valence-electron chi connectivity index (χ3n) is 3.16. The highest BCUT2D eigenvalue weighted by Crippen LogP contribution is 2.14. The molecule has 0 unspecified atom stereocenters. The van der Waals surface area contributed by atoms with Gasteiger partial charge >= 0.3 is 0 Å². The quantitative estimate of drug-likeness (QED) is 0.628. The van der Waals surface area contributed by atoms with Gasteiger partial charge in [-0.2, -0.15) is 5.10 Å². The SMILES string of the molecule is COc1ccc(CC(=O)N/N=C/c2cccc(OC(C)C)c2)cc1. The van der Waals surface area contributed by atoms with Gasteiger partial charge in [0.05, 0.1) is 25.8 Å². The second kappa shape index (κ2) is 8.72. The molecular formula is C19H22N2O3. The van der Waals surface area contributed by atoms with Crippen molar-refractivity contribution in [2.75, 3.05) is 7.11 Å². The number of carbonyl (C=O) groups is 1. The van der Waals surface area contributed by atoms with Crippen LogP contribution in [0, 0.1) is 0 Å². The number of methoxy groups -OCH3 is 1. The minimum Gasteiger partial charge on any atom is -0.497 e. The summed E-state index contributed by atoms with van der Waals surface area (Å²) in [6.07, 6.45) is 1.97. The van der Waals surface area contributed by atoms with E-state index in [0.29, 0.717) is 0 Å². The van der Waals surface area contributed by atoms with Crippen molar-refractivity contribution in [1.82, 2.24) is 5.43 Å². The summed E-state index contributed by atoms with van der Waals surface area (Å²) in [6.45, 7) is 3.94. The van der Waals surface area contributed by atoms with E-state index in [1.807, 2.05) is 62.4 Å². The largest absolute Gasteiger partial charge is 0.497 e. The van der Waals surface area contributed by atoms with Crippen LogP contribution in [0.1, 0.15) is 25.0 Å². The van der Waals surface area contributed by atoms with Gasteiger partial charge in [0.25, 0.3) is 0 Å². The van der Waals surface area contributed by atoms with Crippen LogP contribution >= 0.6 is 0 Å². The van der Waals surface area contributed by atoms with E-state index in [-0.39, 0.29) is 18.4 Å². The van der Waals surface area contributed by atoms with Crippen LogP contribution in [-0.2, 0) is 11.2 Å². The zero-order chi connectivity index (χ0) is 17.4. The fraction of sp³-hybridized carbons (Fsp3) is 0.263. The van der Waals surface area contributed by atoms with Crippen LogP contribution in [0.15, 0.2) is 53.6 Å². The predicted octanol–water partition coefficient (Wildman–Crippen LogP) is 3.18. The fourth-order valence-corrected chi connectivity index (χ4v) is 2.09. The van der Waals surface area contributed by atoms with Crippen LogP contribution in [0.3, 0.4) is 0 Å². The van der Waals surface area contributed by atoms with Gasteiger partial charge in [-0.25, -0.2) is 5.43 Å². The van der Waals surface area contributed by atoms with Gasteiger partial charge in [-0.3, -0.25) is 4.79 Å². The Morgan fingerprint density at radius 3 is 2.58 bits per heavy atom. The van der Waals surface area contributed by atoms with Crippen molar-refractivity contribution in [3.05, 3.63) is 59.7 Å². The van der Waals surface area contributed by atoms with Crippen LogP contribution < -0.4 is 14.9 Å². The Morgan fingerprint density at radius 1 is 1.17 bits per heavy atom. The molecule has 2 aromatic rings. The lowest BCUT2D eigenvalue weighted by molar-refractivity contribution is -0.120. The van der Waals surface area contributed by atoms with Gasteiger partial charge in [-0.15, -0.1) is 0 Å².